The minimum atomic E-state index is -4.51. The molecule has 0 unspecified atom stereocenters. The van der Waals surface area contributed by atoms with Crippen LogP contribution in [0.4, 0.5) is 5.69 Å². The van der Waals surface area contributed by atoms with Gasteiger partial charge in [0.15, 0.2) is 6.23 Å². The molecule has 8 rings (SSSR count). The second-order valence-electron chi connectivity index (χ2n) is 17.6. The first-order chi connectivity index (χ1) is 33.8. The molecule has 18 nitrogen and oxygen atoms in total. The SMILES string of the molecule is COC(=O)C(C)(C)N1C[C@@](Cc2cn([C@@H]3O[C@H](COCc4ccccc4)[C@@H](OCc4ccccc4)[C@H](OCc4ccccc4)[C@@H]3OCc3ccccc3)nn2)(NS(=O)(=O)c2ccc([N+](=O)[O-])cc2)C1=O. The largest absolute Gasteiger partial charge is 0.467 e. The summed E-state index contributed by atoms with van der Waals surface area (Å²) in [5, 5.41) is 20.3. The summed E-state index contributed by atoms with van der Waals surface area (Å²) in [5.41, 5.74) is 0.171. The van der Waals surface area contributed by atoms with Gasteiger partial charge in [0, 0.05) is 18.6 Å². The van der Waals surface area contributed by atoms with E-state index in [0.29, 0.717) is 0 Å². The number of sulfonamides is 1. The number of benzene rings is 5. The highest BCUT2D eigenvalue weighted by Gasteiger charge is 2.60. The van der Waals surface area contributed by atoms with Gasteiger partial charge in [-0.25, -0.2) is 17.9 Å². The summed E-state index contributed by atoms with van der Waals surface area (Å²) in [7, 11) is -3.32. The van der Waals surface area contributed by atoms with E-state index >= 15 is 0 Å². The Balaban J connectivity index is 1.16. The molecule has 0 radical (unpaired) electrons. The molecule has 0 spiro atoms. The van der Waals surface area contributed by atoms with Crippen molar-refractivity contribution >= 4 is 27.6 Å². The highest BCUT2D eigenvalue weighted by molar-refractivity contribution is 7.89. The highest BCUT2D eigenvalue weighted by atomic mass is 32.2. The van der Waals surface area contributed by atoms with Gasteiger partial charge >= 0.3 is 5.97 Å². The van der Waals surface area contributed by atoms with E-state index in [9.17, 15) is 28.1 Å². The number of carbonyl (C=O) groups is 2. The summed E-state index contributed by atoms with van der Waals surface area (Å²) >= 11 is 0. The Bertz CT molecular complexity index is 2810. The van der Waals surface area contributed by atoms with Crippen molar-refractivity contribution in [2.75, 3.05) is 20.3 Å². The first-order valence-electron chi connectivity index (χ1n) is 22.6. The Hall–Kier alpha value is -6.71. The number of nitrogens with zero attached hydrogens (tertiary/aromatic N) is 5. The first-order valence-corrected chi connectivity index (χ1v) is 24.1. The quantitative estimate of drug-likeness (QED) is 0.0352. The summed E-state index contributed by atoms with van der Waals surface area (Å²) in [5.74, 6) is -1.45. The zero-order valence-electron chi connectivity index (χ0n) is 38.8. The van der Waals surface area contributed by atoms with Crippen LogP contribution in [0, 0.1) is 10.1 Å². The molecule has 1 aromatic heterocycles. The predicted molar refractivity (Wildman–Crippen MR) is 253 cm³/mol. The number of nitro groups is 1. The van der Waals surface area contributed by atoms with Crippen molar-refractivity contribution in [1.29, 1.82) is 0 Å². The fourth-order valence-corrected chi connectivity index (χ4v) is 9.85. The lowest BCUT2D eigenvalue weighted by Gasteiger charge is -2.53. The molecule has 70 heavy (non-hydrogen) atoms. The lowest BCUT2D eigenvalue weighted by molar-refractivity contribution is -0.384. The molecule has 1 amide bonds. The second kappa shape index (κ2) is 21.9. The molecule has 2 aliphatic rings. The van der Waals surface area contributed by atoms with Crippen molar-refractivity contribution in [1.82, 2.24) is 24.6 Å². The molecule has 0 bridgehead atoms. The first kappa shape index (κ1) is 49.7. The maximum Gasteiger partial charge on any atom is 0.331 e. The average molecular weight is 975 g/mol. The Morgan fingerprint density at radius 1 is 0.771 bits per heavy atom. The van der Waals surface area contributed by atoms with E-state index in [0.717, 1.165) is 46.5 Å². The lowest BCUT2D eigenvalue weighted by atomic mass is 9.81. The van der Waals surface area contributed by atoms with E-state index < -0.39 is 68.5 Å². The minimum absolute atomic E-state index is 0.0663. The van der Waals surface area contributed by atoms with Gasteiger partial charge in [-0.05, 0) is 48.2 Å². The van der Waals surface area contributed by atoms with Crippen LogP contribution in [0.1, 0.15) is 48.0 Å². The van der Waals surface area contributed by atoms with Gasteiger partial charge in [-0.2, -0.15) is 4.72 Å². The number of nitro benzene ring substituents is 1. The third kappa shape index (κ3) is 11.5. The summed E-state index contributed by atoms with van der Waals surface area (Å²) in [6.07, 6.45) is -3.08. The molecule has 6 atom stereocenters. The van der Waals surface area contributed by atoms with Crippen LogP contribution in [0.2, 0.25) is 0 Å². The standard InChI is InChI=1S/C51H54N6O12S/c1-50(2,49(59)64-3)55-35-51(48(55)58,53-70(62,63)42-26-24-41(25-27-42)57(60)61)28-40-29-56(54-52-40)47-46(68-33-39-22-14-7-15-23-39)45(67-32-38-20-12-6-13-21-38)44(66-31-37-18-10-5-11-19-37)43(69-47)34-65-30-36-16-8-4-9-17-36/h4-27,29,43-47,53H,28,30-35H2,1-3H3/t43-,44-,45+,46+,47-,51-/m1/s1. The van der Waals surface area contributed by atoms with Crippen LogP contribution in [0.3, 0.4) is 0 Å². The third-order valence-corrected chi connectivity index (χ3v) is 13.8. The molecule has 19 heteroatoms. The second-order valence-corrected chi connectivity index (χ2v) is 19.3. The average Bonchev–Trinajstić information content (AvgIpc) is 3.85. The van der Waals surface area contributed by atoms with Crippen molar-refractivity contribution < 1.29 is 51.4 Å². The topological polar surface area (TPSA) is 213 Å². The molecule has 2 aliphatic heterocycles. The molecular formula is C51H54N6O12S. The summed E-state index contributed by atoms with van der Waals surface area (Å²) in [6.45, 7) is 3.61. The number of carbonyl (C=O) groups excluding carboxylic acids is 2. The monoisotopic (exact) mass is 974 g/mol. The van der Waals surface area contributed by atoms with Crippen molar-refractivity contribution in [2.45, 2.75) is 93.3 Å². The zero-order chi connectivity index (χ0) is 49.3. The number of ether oxygens (including phenoxy) is 6. The predicted octanol–water partition coefficient (Wildman–Crippen LogP) is 6.11. The van der Waals surface area contributed by atoms with Crippen molar-refractivity contribution in [3.63, 3.8) is 0 Å². The fourth-order valence-electron chi connectivity index (χ4n) is 8.50. The number of methoxy groups -OCH3 is 1. The molecular weight excluding hydrogens is 921 g/mol. The number of nitrogens with one attached hydrogen (secondary N) is 1. The van der Waals surface area contributed by atoms with Crippen LogP contribution in [0.15, 0.2) is 157 Å². The molecule has 6 aromatic rings. The summed E-state index contributed by atoms with van der Waals surface area (Å²) < 4.78 is 70.9. The van der Waals surface area contributed by atoms with Gasteiger partial charge in [-0.1, -0.05) is 127 Å². The van der Waals surface area contributed by atoms with E-state index in [4.69, 9.17) is 28.4 Å². The van der Waals surface area contributed by atoms with E-state index in [1.165, 1.54) is 30.5 Å². The molecule has 1 N–H and O–H groups in total. The number of amides is 1. The van der Waals surface area contributed by atoms with Gasteiger partial charge in [-0.3, -0.25) is 14.9 Å². The van der Waals surface area contributed by atoms with Crippen molar-refractivity contribution in [3.8, 4) is 0 Å². The molecule has 0 aliphatic carbocycles. The fraction of sp³-hybridized carbons (Fsp3) is 0.333. The van der Waals surface area contributed by atoms with Crippen LogP contribution in [0.5, 0.6) is 0 Å². The lowest BCUT2D eigenvalue weighted by Crippen LogP contribution is -2.79. The number of hydrogen-bond donors (Lipinski definition) is 1. The number of aromatic nitrogens is 3. The molecule has 3 heterocycles. The number of β-lactam (4-membered cyclic amide) rings is 1. The molecule has 366 valence electrons. The van der Waals surface area contributed by atoms with Gasteiger partial charge in [0.05, 0.1) is 68.4 Å². The van der Waals surface area contributed by atoms with Crippen LogP contribution in [-0.4, -0.2) is 101 Å². The zero-order valence-corrected chi connectivity index (χ0v) is 39.6. The Labute approximate surface area is 405 Å². The maximum absolute atomic E-state index is 14.4. The number of rotatable bonds is 22. The van der Waals surface area contributed by atoms with E-state index in [1.54, 1.807) is 6.20 Å². The number of hydrogen-bond acceptors (Lipinski definition) is 14. The van der Waals surface area contributed by atoms with Gasteiger partial charge in [0.2, 0.25) is 15.9 Å². The smallest absolute Gasteiger partial charge is 0.331 e. The molecule has 0 saturated carbocycles. The van der Waals surface area contributed by atoms with Crippen molar-refractivity contribution in [3.05, 3.63) is 190 Å². The van der Waals surface area contributed by atoms with Gasteiger partial charge in [0.1, 0.15) is 35.5 Å². The number of esters is 1. The normalized spacial score (nSPS) is 21.5. The van der Waals surface area contributed by atoms with Crippen LogP contribution >= 0.6 is 0 Å². The van der Waals surface area contributed by atoms with Gasteiger partial charge in [-0.15, -0.1) is 5.10 Å². The summed E-state index contributed by atoms with van der Waals surface area (Å²) in [6, 6.07) is 43.0. The maximum atomic E-state index is 14.4. The van der Waals surface area contributed by atoms with Crippen LogP contribution in [0.25, 0.3) is 0 Å². The van der Waals surface area contributed by atoms with Gasteiger partial charge in [0.25, 0.3) is 5.69 Å². The Kier molecular flexibility index (Phi) is 15.6. The number of non-ortho nitro benzene ring substituents is 1. The van der Waals surface area contributed by atoms with Crippen LogP contribution in [-0.2, 0) is 80.9 Å². The Morgan fingerprint density at radius 3 is 1.77 bits per heavy atom. The van der Waals surface area contributed by atoms with Gasteiger partial charge < -0.3 is 33.3 Å². The van der Waals surface area contributed by atoms with Crippen molar-refractivity contribution in [2.24, 2.45) is 0 Å². The third-order valence-electron chi connectivity index (χ3n) is 12.3. The Morgan fingerprint density at radius 2 is 1.27 bits per heavy atom. The van der Waals surface area contributed by atoms with E-state index in [1.807, 2.05) is 121 Å². The molecule has 5 aromatic carbocycles. The highest BCUT2D eigenvalue weighted by Crippen LogP contribution is 2.38. The van der Waals surface area contributed by atoms with E-state index in [-0.39, 0.29) is 62.3 Å². The molecule has 2 saturated heterocycles. The van der Waals surface area contributed by atoms with Crippen LogP contribution < -0.4 is 4.72 Å². The van der Waals surface area contributed by atoms with E-state index in [2.05, 4.69) is 15.0 Å². The minimum Gasteiger partial charge on any atom is -0.467 e. The number of likely N-dealkylation sites (tertiary alicyclic amines) is 1. The summed E-state index contributed by atoms with van der Waals surface area (Å²) in [4.78, 5) is 38.9. The molecule has 2 fully saturated rings.